The lowest BCUT2D eigenvalue weighted by Gasteiger charge is -2.17. The van der Waals surface area contributed by atoms with E-state index in [4.69, 9.17) is 11.6 Å². The lowest BCUT2D eigenvalue weighted by Crippen LogP contribution is -2.27. The van der Waals surface area contributed by atoms with E-state index in [1.807, 2.05) is 61.6 Å². The Hall–Kier alpha value is -1.80. The van der Waals surface area contributed by atoms with E-state index >= 15 is 0 Å². The van der Waals surface area contributed by atoms with Gasteiger partial charge in [0.15, 0.2) is 0 Å². The minimum Gasteiger partial charge on any atom is -0.341 e. The largest absolute Gasteiger partial charge is 0.341 e. The number of benzene rings is 2. The van der Waals surface area contributed by atoms with E-state index in [0.29, 0.717) is 18.0 Å². The molecule has 0 N–H and O–H groups in total. The first kappa shape index (κ1) is 13.6. The zero-order valence-corrected chi connectivity index (χ0v) is 11.6. The van der Waals surface area contributed by atoms with Crippen molar-refractivity contribution in [2.45, 2.75) is 13.0 Å². The summed E-state index contributed by atoms with van der Waals surface area (Å²) in [5.41, 5.74) is 2.07. The maximum absolute atomic E-state index is 12.1. The van der Waals surface area contributed by atoms with Crippen molar-refractivity contribution in [1.29, 1.82) is 0 Å². The molecule has 0 atom stereocenters. The molecule has 0 aromatic heterocycles. The van der Waals surface area contributed by atoms with Crippen LogP contribution < -0.4 is 0 Å². The summed E-state index contributed by atoms with van der Waals surface area (Å²) >= 11 is 5.91. The molecule has 0 saturated heterocycles. The van der Waals surface area contributed by atoms with Gasteiger partial charge in [-0.2, -0.15) is 0 Å². The van der Waals surface area contributed by atoms with Crippen LogP contribution in [-0.4, -0.2) is 17.9 Å². The molecule has 1 amide bonds. The predicted molar refractivity (Wildman–Crippen MR) is 78.1 cm³/mol. The molecule has 0 saturated carbocycles. The summed E-state index contributed by atoms with van der Waals surface area (Å²) in [6, 6.07) is 17.4. The highest BCUT2D eigenvalue weighted by Crippen LogP contribution is 2.12. The van der Waals surface area contributed by atoms with E-state index in [-0.39, 0.29) is 5.91 Å². The average molecular weight is 274 g/mol. The molecule has 98 valence electrons. The fourth-order valence-electron chi connectivity index (χ4n) is 1.90. The minimum absolute atomic E-state index is 0.0890. The maximum Gasteiger partial charge on any atom is 0.227 e. The van der Waals surface area contributed by atoms with Gasteiger partial charge < -0.3 is 4.90 Å². The third kappa shape index (κ3) is 4.11. The van der Waals surface area contributed by atoms with Crippen LogP contribution in [0.5, 0.6) is 0 Å². The Morgan fingerprint density at radius 3 is 2.42 bits per heavy atom. The van der Waals surface area contributed by atoms with Crippen molar-refractivity contribution in [2.24, 2.45) is 0 Å². The zero-order valence-electron chi connectivity index (χ0n) is 10.8. The van der Waals surface area contributed by atoms with Crippen molar-refractivity contribution >= 4 is 17.5 Å². The molecule has 0 heterocycles. The van der Waals surface area contributed by atoms with Crippen LogP contribution in [0, 0.1) is 0 Å². The second kappa shape index (κ2) is 6.39. The van der Waals surface area contributed by atoms with Gasteiger partial charge >= 0.3 is 0 Å². The Labute approximate surface area is 118 Å². The highest BCUT2D eigenvalue weighted by Gasteiger charge is 2.10. The van der Waals surface area contributed by atoms with Crippen molar-refractivity contribution in [1.82, 2.24) is 4.90 Å². The zero-order chi connectivity index (χ0) is 13.7. The Morgan fingerprint density at radius 1 is 1.05 bits per heavy atom. The molecular weight excluding hydrogens is 258 g/mol. The molecule has 0 aliphatic rings. The lowest BCUT2D eigenvalue weighted by atomic mass is 10.1. The van der Waals surface area contributed by atoms with Crippen LogP contribution >= 0.6 is 11.6 Å². The van der Waals surface area contributed by atoms with Crippen LogP contribution in [0.15, 0.2) is 54.6 Å². The number of carbonyl (C=O) groups is 1. The third-order valence-corrected chi connectivity index (χ3v) is 3.17. The summed E-state index contributed by atoms with van der Waals surface area (Å²) in [7, 11) is 1.82. The fraction of sp³-hybridized carbons (Fsp3) is 0.188. The van der Waals surface area contributed by atoms with Crippen LogP contribution in [0.4, 0.5) is 0 Å². The number of rotatable bonds is 4. The van der Waals surface area contributed by atoms with E-state index in [1.165, 1.54) is 0 Å². The predicted octanol–water partition coefficient (Wildman–Crippen LogP) is 3.54. The Balaban J connectivity index is 1.96. The smallest absolute Gasteiger partial charge is 0.227 e. The first-order valence-electron chi connectivity index (χ1n) is 6.17. The van der Waals surface area contributed by atoms with Crippen molar-refractivity contribution in [2.75, 3.05) is 7.05 Å². The quantitative estimate of drug-likeness (QED) is 0.834. The molecular formula is C16H16ClNO. The van der Waals surface area contributed by atoms with Crippen molar-refractivity contribution in [3.8, 4) is 0 Å². The van der Waals surface area contributed by atoms with Crippen LogP contribution in [0.3, 0.4) is 0 Å². The second-order valence-corrected chi connectivity index (χ2v) is 4.98. The van der Waals surface area contributed by atoms with Gasteiger partial charge in [-0.3, -0.25) is 4.79 Å². The van der Waals surface area contributed by atoms with Crippen molar-refractivity contribution in [3.63, 3.8) is 0 Å². The summed E-state index contributed by atoms with van der Waals surface area (Å²) in [4.78, 5) is 13.8. The first-order valence-corrected chi connectivity index (χ1v) is 6.55. The Bertz CT molecular complexity index is 554. The van der Waals surface area contributed by atoms with Gasteiger partial charge in [0.1, 0.15) is 0 Å². The lowest BCUT2D eigenvalue weighted by molar-refractivity contribution is -0.129. The Kier molecular flexibility index (Phi) is 4.58. The molecule has 2 aromatic rings. The van der Waals surface area contributed by atoms with E-state index in [2.05, 4.69) is 0 Å². The van der Waals surface area contributed by atoms with Gasteiger partial charge in [-0.1, -0.05) is 54.1 Å². The molecule has 0 unspecified atom stereocenters. The molecule has 19 heavy (non-hydrogen) atoms. The van der Waals surface area contributed by atoms with Gasteiger partial charge in [-0.05, 0) is 23.3 Å². The van der Waals surface area contributed by atoms with E-state index in [0.717, 1.165) is 11.1 Å². The third-order valence-electron chi connectivity index (χ3n) is 2.93. The molecule has 0 aliphatic heterocycles. The normalized spacial score (nSPS) is 10.2. The van der Waals surface area contributed by atoms with Crippen LogP contribution in [0.2, 0.25) is 5.02 Å². The summed E-state index contributed by atoms with van der Waals surface area (Å²) in [5.74, 6) is 0.0890. The number of likely N-dealkylation sites (N-methyl/N-ethyl adjacent to an activating group) is 1. The average Bonchev–Trinajstić information content (AvgIpc) is 2.40. The highest BCUT2D eigenvalue weighted by molar-refractivity contribution is 6.30. The van der Waals surface area contributed by atoms with Gasteiger partial charge in [0.05, 0.1) is 6.42 Å². The number of nitrogens with zero attached hydrogens (tertiary/aromatic N) is 1. The summed E-state index contributed by atoms with van der Waals surface area (Å²) in [6.45, 7) is 0.625. The van der Waals surface area contributed by atoms with Gasteiger partial charge in [-0.15, -0.1) is 0 Å². The fourth-order valence-corrected chi connectivity index (χ4v) is 2.11. The Morgan fingerprint density at radius 2 is 1.74 bits per heavy atom. The monoisotopic (exact) mass is 273 g/mol. The molecule has 2 aromatic carbocycles. The second-order valence-electron chi connectivity index (χ2n) is 4.54. The molecule has 0 bridgehead atoms. The molecule has 0 fully saturated rings. The number of hydrogen-bond donors (Lipinski definition) is 0. The topological polar surface area (TPSA) is 20.3 Å². The van der Waals surface area contributed by atoms with Gasteiger partial charge in [0, 0.05) is 18.6 Å². The molecule has 0 radical (unpaired) electrons. The molecule has 2 nitrogen and oxygen atoms in total. The maximum atomic E-state index is 12.1. The van der Waals surface area contributed by atoms with Gasteiger partial charge in [0.25, 0.3) is 0 Å². The van der Waals surface area contributed by atoms with Gasteiger partial charge in [-0.25, -0.2) is 0 Å². The minimum atomic E-state index is 0.0890. The molecule has 3 heteroatoms. The summed E-state index contributed by atoms with van der Waals surface area (Å²) < 4.78 is 0. The summed E-state index contributed by atoms with van der Waals surface area (Å²) in [5, 5.41) is 0.663. The highest BCUT2D eigenvalue weighted by atomic mass is 35.5. The van der Waals surface area contributed by atoms with Crippen LogP contribution in [-0.2, 0) is 17.8 Å². The van der Waals surface area contributed by atoms with Crippen molar-refractivity contribution < 1.29 is 4.79 Å². The van der Waals surface area contributed by atoms with Crippen molar-refractivity contribution in [3.05, 3.63) is 70.7 Å². The van der Waals surface area contributed by atoms with E-state index in [1.54, 1.807) is 4.90 Å². The number of amides is 1. The first-order chi connectivity index (χ1) is 9.15. The summed E-state index contributed by atoms with van der Waals surface area (Å²) in [6.07, 6.45) is 0.379. The van der Waals surface area contributed by atoms with Gasteiger partial charge in [0.2, 0.25) is 5.91 Å². The SMILES string of the molecule is CN(Cc1ccccc1)C(=O)Cc1cccc(Cl)c1. The van der Waals surface area contributed by atoms with E-state index < -0.39 is 0 Å². The van der Waals surface area contributed by atoms with Crippen LogP contribution in [0.1, 0.15) is 11.1 Å². The molecule has 0 aliphatic carbocycles. The number of carbonyl (C=O) groups excluding carboxylic acids is 1. The van der Waals surface area contributed by atoms with E-state index in [9.17, 15) is 4.79 Å². The van der Waals surface area contributed by atoms with Crippen LogP contribution in [0.25, 0.3) is 0 Å². The molecule has 0 spiro atoms. The molecule has 2 rings (SSSR count). The number of halogens is 1. The number of hydrogen-bond acceptors (Lipinski definition) is 1. The standard InChI is InChI=1S/C16H16ClNO/c1-18(12-13-6-3-2-4-7-13)16(19)11-14-8-5-9-15(17)10-14/h2-10H,11-12H2,1H3.